The van der Waals surface area contributed by atoms with Crippen molar-refractivity contribution in [3.63, 3.8) is 0 Å². The maximum absolute atomic E-state index is 9.37. The van der Waals surface area contributed by atoms with Gasteiger partial charge in [0.1, 0.15) is 5.54 Å². The summed E-state index contributed by atoms with van der Waals surface area (Å²) >= 11 is 2.07. The number of nitrogens with one attached hydrogen (secondary N) is 1. The molecule has 2 rings (SSSR count). The van der Waals surface area contributed by atoms with Gasteiger partial charge in [-0.2, -0.15) is 17.0 Å². The number of thioether (sulfide) groups is 1. The summed E-state index contributed by atoms with van der Waals surface area (Å²) in [6, 6.07) is 3.19. The van der Waals surface area contributed by atoms with Crippen LogP contribution in [0.25, 0.3) is 0 Å². The number of hydrogen-bond acceptors (Lipinski definition) is 3. The molecule has 2 atom stereocenters. The minimum absolute atomic E-state index is 0.185. The maximum atomic E-state index is 9.37. The van der Waals surface area contributed by atoms with E-state index in [-0.39, 0.29) is 5.54 Å². The predicted octanol–water partition coefficient (Wildman–Crippen LogP) is 2.94. The Hall–Kier alpha value is -0.200. The smallest absolute Gasteiger partial charge is 0.108 e. The molecule has 16 heavy (non-hydrogen) atoms. The van der Waals surface area contributed by atoms with Crippen LogP contribution in [0.2, 0.25) is 0 Å². The van der Waals surface area contributed by atoms with Gasteiger partial charge in [0.05, 0.1) is 6.07 Å². The summed E-state index contributed by atoms with van der Waals surface area (Å²) in [4.78, 5) is 0. The van der Waals surface area contributed by atoms with Gasteiger partial charge in [-0.15, -0.1) is 0 Å². The third kappa shape index (κ3) is 3.15. The van der Waals surface area contributed by atoms with Crippen LogP contribution in [-0.4, -0.2) is 22.6 Å². The van der Waals surface area contributed by atoms with E-state index in [9.17, 15) is 5.26 Å². The molecule has 0 aliphatic heterocycles. The highest BCUT2D eigenvalue weighted by molar-refractivity contribution is 7.99. The lowest BCUT2D eigenvalue weighted by Gasteiger charge is -2.22. The largest absolute Gasteiger partial charge is 0.297 e. The van der Waals surface area contributed by atoms with Crippen LogP contribution in [0.3, 0.4) is 0 Å². The number of rotatable bonds is 5. The first-order valence-corrected chi connectivity index (χ1v) is 7.49. The van der Waals surface area contributed by atoms with E-state index in [1.807, 2.05) is 0 Å². The molecule has 0 aromatic heterocycles. The summed E-state index contributed by atoms with van der Waals surface area (Å²) in [7, 11) is 0. The zero-order valence-corrected chi connectivity index (χ0v) is 11.1. The lowest BCUT2D eigenvalue weighted by molar-refractivity contribution is 0.420. The van der Waals surface area contributed by atoms with E-state index in [4.69, 9.17) is 0 Å². The molecule has 2 aliphatic rings. The van der Waals surface area contributed by atoms with Crippen molar-refractivity contribution in [2.75, 3.05) is 5.75 Å². The first kappa shape index (κ1) is 12.3. The normalized spacial score (nSPS) is 34.2. The van der Waals surface area contributed by atoms with Crippen LogP contribution in [0, 0.1) is 17.2 Å². The molecule has 0 aromatic carbocycles. The Bertz CT molecular complexity index is 280. The topological polar surface area (TPSA) is 35.8 Å². The summed E-state index contributed by atoms with van der Waals surface area (Å²) in [5.74, 6) is 1.99. The van der Waals surface area contributed by atoms with Crippen LogP contribution in [0.1, 0.15) is 46.0 Å². The average Bonchev–Trinajstić information content (AvgIpc) is 2.95. The SMILES string of the molecule is CC(C)CSC1CCC(C#N)(NC2CC2)C1. The van der Waals surface area contributed by atoms with Gasteiger partial charge >= 0.3 is 0 Å². The van der Waals surface area contributed by atoms with E-state index in [0.717, 1.165) is 18.8 Å². The average molecular weight is 238 g/mol. The van der Waals surface area contributed by atoms with Crippen LogP contribution in [-0.2, 0) is 0 Å². The van der Waals surface area contributed by atoms with Gasteiger partial charge in [-0.05, 0) is 43.8 Å². The Labute approximate surface area is 103 Å². The van der Waals surface area contributed by atoms with Crippen molar-refractivity contribution in [3.05, 3.63) is 0 Å². The van der Waals surface area contributed by atoms with Crippen LogP contribution in [0.5, 0.6) is 0 Å². The highest BCUT2D eigenvalue weighted by atomic mass is 32.2. The van der Waals surface area contributed by atoms with Crippen LogP contribution in [0.4, 0.5) is 0 Å². The summed E-state index contributed by atoms with van der Waals surface area (Å²) < 4.78 is 0. The molecule has 2 nitrogen and oxygen atoms in total. The summed E-state index contributed by atoms with van der Waals surface area (Å²) in [6.45, 7) is 4.53. The molecule has 0 radical (unpaired) electrons. The Balaban J connectivity index is 1.82. The zero-order valence-electron chi connectivity index (χ0n) is 10.3. The van der Waals surface area contributed by atoms with Crippen molar-refractivity contribution >= 4 is 11.8 Å². The van der Waals surface area contributed by atoms with Crippen molar-refractivity contribution < 1.29 is 0 Å². The Morgan fingerprint density at radius 2 is 2.19 bits per heavy atom. The standard InChI is InChI=1S/C13H22N2S/c1-10(2)8-16-12-5-6-13(7-12,9-14)15-11-3-4-11/h10-12,15H,3-8H2,1-2H3. The number of nitrogens with zero attached hydrogens (tertiary/aromatic N) is 1. The van der Waals surface area contributed by atoms with Crippen LogP contribution < -0.4 is 5.32 Å². The molecule has 0 spiro atoms. The molecule has 2 fully saturated rings. The number of hydrogen-bond donors (Lipinski definition) is 1. The fourth-order valence-electron chi connectivity index (χ4n) is 2.35. The van der Waals surface area contributed by atoms with Crippen molar-refractivity contribution in [2.45, 2.75) is 62.8 Å². The van der Waals surface area contributed by atoms with E-state index >= 15 is 0 Å². The van der Waals surface area contributed by atoms with Crippen molar-refractivity contribution in [3.8, 4) is 6.07 Å². The Kier molecular flexibility index (Phi) is 3.81. The fraction of sp³-hybridized carbons (Fsp3) is 0.923. The van der Waals surface area contributed by atoms with Gasteiger partial charge < -0.3 is 0 Å². The summed E-state index contributed by atoms with van der Waals surface area (Å²) in [5.41, 5.74) is -0.185. The molecular formula is C13H22N2S. The molecule has 1 N–H and O–H groups in total. The van der Waals surface area contributed by atoms with E-state index in [1.54, 1.807) is 0 Å². The summed E-state index contributed by atoms with van der Waals surface area (Å²) in [6.07, 6.45) is 5.86. The van der Waals surface area contributed by atoms with Gasteiger partial charge in [0, 0.05) is 11.3 Å². The molecule has 90 valence electrons. The second kappa shape index (κ2) is 4.98. The molecule has 0 saturated heterocycles. The lowest BCUT2D eigenvalue weighted by atomic mass is 10.00. The minimum Gasteiger partial charge on any atom is -0.297 e. The predicted molar refractivity (Wildman–Crippen MR) is 69.4 cm³/mol. The molecular weight excluding hydrogens is 216 g/mol. The maximum Gasteiger partial charge on any atom is 0.108 e. The van der Waals surface area contributed by atoms with Gasteiger partial charge in [-0.3, -0.25) is 5.32 Å². The van der Waals surface area contributed by atoms with E-state index in [1.165, 1.54) is 25.0 Å². The lowest BCUT2D eigenvalue weighted by Crippen LogP contribution is -2.43. The third-order valence-electron chi connectivity index (χ3n) is 3.41. The van der Waals surface area contributed by atoms with E-state index in [2.05, 4.69) is 37.0 Å². The quantitative estimate of drug-likeness (QED) is 0.800. The van der Waals surface area contributed by atoms with Crippen LogP contribution in [0.15, 0.2) is 0 Å². The molecule has 0 heterocycles. The van der Waals surface area contributed by atoms with Crippen molar-refractivity contribution in [1.82, 2.24) is 5.32 Å². The van der Waals surface area contributed by atoms with E-state index < -0.39 is 0 Å². The van der Waals surface area contributed by atoms with Crippen LogP contribution >= 0.6 is 11.8 Å². The Morgan fingerprint density at radius 3 is 2.75 bits per heavy atom. The Morgan fingerprint density at radius 1 is 1.44 bits per heavy atom. The van der Waals surface area contributed by atoms with Gasteiger partial charge in [-0.25, -0.2) is 0 Å². The van der Waals surface area contributed by atoms with Crippen molar-refractivity contribution in [1.29, 1.82) is 5.26 Å². The second-order valence-corrected chi connectivity index (χ2v) is 7.04. The molecule has 2 saturated carbocycles. The molecule has 0 aromatic rings. The first-order chi connectivity index (χ1) is 7.63. The highest BCUT2D eigenvalue weighted by Crippen LogP contribution is 2.39. The van der Waals surface area contributed by atoms with E-state index in [0.29, 0.717) is 11.3 Å². The molecule has 3 heteroatoms. The first-order valence-electron chi connectivity index (χ1n) is 6.44. The molecule has 2 aliphatic carbocycles. The van der Waals surface area contributed by atoms with Crippen molar-refractivity contribution in [2.24, 2.45) is 5.92 Å². The van der Waals surface area contributed by atoms with Gasteiger partial charge in [0.25, 0.3) is 0 Å². The fourth-order valence-corrected chi connectivity index (χ4v) is 3.70. The van der Waals surface area contributed by atoms with Gasteiger partial charge in [0.15, 0.2) is 0 Å². The second-order valence-electron chi connectivity index (χ2n) is 5.70. The number of nitriles is 1. The van der Waals surface area contributed by atoms with Gasteiger partial charge in [-0.1, -0.05) is 13.8 Å². The molecule has 0 bridgehead atoms. The summed E-state index contributed by atoms with van der Waals surface area (Å²) in [5, 5.41) is 13.6. The zero-order chi connectivity index (χ0) is 11.6. The molecule has 0 amide bonds. The minimum atomic E-state index is -0.185. The highest BCUT2D eigenvalue weighted by Gasteiger charge is 2.42. The van der Waals surface area contributed by atoms with Gasteiger partial charge in [0.2, 0.25) is 0 Å². The third-order valence-corrected chi connectivity index (χ3v) is 5.14. The molecule has 2 unspecified atom stereocenters. The monoisotopic (exact) mass is 238 g/mol.